The molecule has 0 radical (unpaired) electrons. The van der Waals surface area contributed by atoms with Gasteiger partial charge in [-0.1, -0.05) is 71.7 Å². The number of fused-ring (bicyclic) bond motifs is 8. The first kappa shape index (κ1) is 26.1. The Labute approximate surface area is 255 Å². The van der Waals surface area contributed by atoms with E-state index >= 15 is 0 Å². The van der Waals surface area contributed by atoms with E-state index in [1.54, 1.807) is 36.4 Å². The highest BCUT2D eigenvalue weighted by Crippen LogP contribution is 2.46. The molecular weight excluding hydrogens is 587 g/mol. The molecule has 0 spiro atoms. The zero-order chi connectivity index (χ0) is 29.2. The molecule has 0 saturated heterocycles. The van der Waals surface area contributed by atoms with Crippen LogP contribution in [0, 0.1) is 0 Å². The second-order valence-electron chi connectivity index (χ2n) is 10.8. The lowest BCUT2D eigenvalue weighted by Gasteiger charge is -2.30. The van der Waals surface area contributed by atoms with Gasteiger partial charge in [-0.2, -0.15) is 0 Å². The average molecular weight is 609 g/mol. The first-order chi connectivity index (χ1) is 21.0. The molecule has 0 fully saturated rings. The van der Waals surface area contributed by atoms with Crippen LogP contribution in [-0.2, 0) is 0 Å². The van der Waals surface area contributed by atoms with E-state index < -0.39 is 0 Å². The lowest BCUT2D eigenvalue weighted by atomic mass is 9.90. The van der Waals surface area contributed by atoms with Gasteiger partial charge in [0.15, 0.2) is 11.5 Å². The molecule has 8 rings (SSSR count). The summed E-state index contributed by atoms with van der Waals surface area (Å²) in [6.07, 6.45) is 1.18. The molecule has 43 heavy (non-hydrogen) atoms. The SMILES string of the molecule is O=c1c2c(oc3ccc(Cl)cc13)-c1ccccc1C(CCCC1Oc3c(oc4ccc(Cl)cc4c3=O)-c3ccccc31)O2. The summed E-state index contributed by atoms with van der Waals surface area (Å²) in [5.74, 6) is 1.23. The molecule has 2 aliphatic rings. The highest BCUT2D eigenvalue weighted by atomic mass is 35.5. The smallest absolute Gasteiger partial charge is 0.235 e. The van der Waals surface area contributed by atoms with Gasteiger partial charge in [0.1, 0.15) is 23.4 Å². The van der Waals surface area contributed by atoms with Gasteiger partial charge in [-0.3, -0.25) is 9.59 Å². The molecule has 4 aromatic carbocycles. The van der Waals surface area contributed by atoms with Gasteiger partial charge in [-0.15, -0.1) is 0 Å². The van der Waals surface area contributed by atoms with E-state index in [0.29, 0.717) is 62.8 Å². The van der Waals surface area contributed by atoms with Gasteiger partial charge < -0.3 is 18.3 Å². The number of benzene rings is 4. The van der Waals surface area contributed by atoms with E-state index in [2.05, 4.69) is 0 Å². The highest BCUT2D eigenvalue weighted by molar-refractivity contribution is 6.31. The fourth-order valence-corrected chi connectivity index (χ4v) is 6.51. The second-order valence-corrected chi connectivity index (χ2v) is 11.7. The van der Waals surface area contributed by atoms with Crippen LogP contribution in [0.1, 0.15) is 42.6 Å². The predicted molar refractivity (Wildman–Crippen MR) is 166 cm³/mol. The third kappa shape index (κ3) is 4.24. The standard InChI is InChI=1S/C35H22Cl2O6/c36-18-12-14-28-24(16-18)30(38)34-32(40-28)22-8-3-1-6-20(22)26(42-34)10-5-11-27-21-7-2-4-9-23(21)33-35(43-27)31(39)25-17-19(37)13-15-29(25)41-33/h1-4,6-9,12-17,26-27H,5,10-11H2. The Balaban J connectivity index is 1.11. The molecule has 0 saturated carbocycles. The molecule has 6 nitrogen and oxygen atoms in total. The second kappa shape index (κ2) is 10.0. The molecule has 2 aliphatic heterocycles. The lowest BCUT2D eigenvalue weighted by Crippen LogP contribution is -2.22. The molecule has 4 heterocycles. The Hall–Kier alpha value is -4.52. The van der Waals surface area contributed by atoms with Crippen molar-refractivity contribution in [1.29, 1.82) is 0 Å². The maximum Gasteiger partial charge on any atom is 0.235 e. The summed E-state index contributed by atoms with van der Waals surface area (Å²) in [6, 6.07) is 25.6. The maximum absolute atomic E-state index is 13.5. The molecule has 2 unspecified atom stereocenters. The minimum Gasteiger partial charge on any atom is -0.478 e. The van der Waals surface area contributed by atoms with E-state index in [4.69, 9.17) is 41.5 Å². The Bertz CT molecular complexity index is 2060. The first-order valence-electron chi connectivity index (χ1n) is 14.0. The summed E-state index contributed by atoms with van der Waals surface area (Å²) < 4.78 is 25.1. The topological polar surface area (TPSA) is 78.9 Å². The Kier molecular flexibility index (Phi) is 6.10. The molecule has 0 amide bonds. The first-order valence-corrected chi connectivity index (χ1v) is 14.8. The molecule has 0 N–H and O–H groups in total. The quantitative estimate of drug-likeness (QED) is 0.198. The van der Waals surface area contributed by atoms with Crippen LogP contribution in [0.25, 0.3) is 44.6 Å². The van der Waals surface area contributed by atoms with Crippen molar-refractivity contribution in [2.45, 2.75) is 31.5 Å². The predicted octanol–water partition coefficient (Wildman–Crippen LogP) is 9.28. The monoisotopic (exact) mass is 608 g/mol. The number of hydrogen-bond donors (Lipinski definition) is 0. The van der Waals surface area contributed by atoms with Crippen molar-refractivity contribution in [2.24, 2.45) is 0 Å². The summed E-state index contributed by atoms with van der Waals surface area (Å²) in [6.45, 7) is 0. The lowest BCUT2D eigenvalue weighted by molar-refractivity contribution is 0.153. The zero-order valence-corrected chi connectivity index (χ0v) is 24.1. The van der Waals surface area contributed by atoms with E-state index in [9.17, 15) is 9.59 Å². The van der Waals surface area contributed by atoms with Gasteiger partial charge in [-0.05, 0) is 55.7 Å². The third-order valence-corrected chi connectivity index (χ3v) is 8.65. The van der Waals surface area contributed by atoms with Crippen LogP contribution in [-0.4, -0.2) is 0 Å². The number of halogens is 2. The van der Waals surface area contributed by atoms with Crippen LogP contribution in [0.3, 0.4) is 0 Å². The van der Waals surface area contributed by atoms with Crippen LogP contribution in [0.5, 0.6) is 11.5 Å². The van der Waals surface area contributed by atoms with E-state index in [0.717, 1.165) is 22.3 Å². The van der Waals surface area contributed by atoms with Crippen LogP contribution >= 0.6 is 23.2 Å². The number of rotatable bonds is 4. The van der Waals surface area contributed by atoms with Crippen LogP contribution < -0.4 is 20.3 Å². The van der Waals surface area contributed by atoms with Crippen molar-refractivity contribution in [2.75, 3.05) is 0 Å². The minimum atomic E-state index is -0.370. The van der Waals surface area contributed by atoms with Crippen molar-refractivity contribution in [3.63, 3.8) is 0 Å². The van der Waals surface area contributed by atoms with Crippen molar-refractivity contribution in [3.8, 4) is 34.1 Å². The van der Waals surface area contributed by atoms with Gasteiger partial charge in [0.2, 0.25) is 22.4 Å². The van der Waals surface area contributed by atoms with Gasteiger partial charge in [0.05, 0.1) is 10.8 Å². The molecule has 8 heteroatoms. The van der Waals surface area contributed by atoms with E-state index in [1.165, 1.54) is 0 Å². The van der Waals surface area contributed by atoms with Gasteiger partial charge in [0, 0.05) is 32.3 Å². The fraction of sp³-hybridized carbons (Fsp3) is 0.143. The van der Waals surface area contributed by atoms with Crippen molar-refractivity contribution in [1.82, 2.24) is 0 Å². The van der Waals surface area contributed by atoms with Crippen molar-refractivity contribution in [3.05, 3.63) is 127 Å². The van der Waals surface area contributed by atoms with Crippen molar-refractivity contribution < 1.29 is 18.3 Å². The summed E-state index contributed by atoms with van der Waals surface area (Å²) in [7, 11) is 0. The number of ether oxygens (including phenoxy) is 2. The summed E-state index contributed by atoms with van der Waals surface area (Å²) in [5, 5.41) is 1.66. The molecule has 0 bridgehead atoms. The third-order valence-electron chi connectivity index (χ3n) is 8.18. The van der Waals surface area contributed by atoms with Crippen LogP contribution in [0.4, 0.5) is 0 Å². The Morgan fingerprint density at radius 1 is 0.581 bits per heavy atom. The highest BCUT2D eigenvalue weighted by Gasteiger charge is 2.33. The van der Waals surface area contributed by atoms with E-state index in [-0.39, 0.29) is 34.6 Å². The van der Waals surface area contributed by atoms with Crippen LogP contribution in [0.2, 0.25) is 10.0 Å². The van der Waals surface area contributed by atoms with Crippen molar-refractivity contribution >= 4 is 45.1 Å². The van der Waals surface area contributed by atoms with Gasteiger partial charge in [0.25, 0.3) is 0 Å². The normalized spacial score (nSPS) is 16.5. The number of hydrogen-bond acceptors (Lipinski definition) is 6. The Morgan fingerprint density at radius 3 is 1.49 bits per heavy atom. The largest absolute Gasteiger partial charge is 0.478 e. The van der Waals surface area contributed by atoms with Crippen LogP contribution in [0.15, 0.2) is 103 Å². The molecule has 6 aromatic rings. The maximum atomic E-state index is 13.5. The summed E-state index contributed by atoms with van der Waals surface area (Å²) in [4.78, 5) is 27.0. The molecule has 0 aliphatic carbocycles. The minimum absolute atomic E-state index is 0.190. The zero-order valence-electron chi connectivity index (χ0n) is 22.6. The van der Waals surface area contributed by atoms with E-state index in [1.807, 2.05) is 48.5 Å². The molecular formula is C35H22Cl2O6. The Morgan fingerprint density at radius 2 is 1.02 bits per heavy atom. The molecule has 212 valence electrons. The van der Waals surface area contributed by atoms with Gasteiger partial charge in [-0.25, -0.2) is 0 Å². The molecule has 2 aromatic heterocycles. The summed E-state index contributed by atoms with van der Waals surface area (Å²) >= 11 is 12.3. The van der Waals surface area contributed by atoms with Gasteiger partial charge >= 0.3 is 0 Å². The molecule has 2 atom stereocenters. The average Bonchev–Trinajstić information content (AvgIpc) is 3.03. The summed E-state index contributed by atoms with van der Waals surface area (Å²) in [5.41, 5.74) is 3.97. The fourth-order valence-electron chi connectivity index (χ4n) is 6.17.